The lowest BCUT2D eigenvalue weighted by Gasteiger charge is -2.36. The highest BCUT2D eigenvalue weighted by Crippen LogP contribution is 2.30. The van der Waals surface area contributed by atoms with Gasteiger partial charge in [0, 0.05) is 11.1 Å². The summed E-state index contributed by atoms with van der Waals surface area (Å²) in [5, 5.41) is 7.89. The molecular weight excluding hydrogens is 274 g/mol. The van der Waals surface area contributed by atoms with Crippen molar-refractivity contribution in [3.8, 4) is 0 Å². The average Bonchev–Trinajstić information content (AvgIpc) is 2.48. The van der Waals surface area contributed by atoms with E-state index in [2.05, 4.69) is 34.3 Å². The van der Waals surface area contributed by atoms with E-state index in [1.807, 2.05) is 0 Å². The number of carboxylic acids is 1. The van der Waals surface area contributed by atoms with Gasteiger partial charge in [0.15, 0.2) is 0 Å². The molecule has 0 fully saturated rings. The van der Waals surface area contributed by atoms with E-state index in [-0.39, 0.29) is 11.1 Å². The van der Waals surface area contributed by atoms with E-state index in [0.717, 1.165) is 0 Å². The van der Waals surface area contributed by atoms with Gasteiger partial charge in [0.25, 0.3) is 0 Å². The molecule has 0 saturated carbocycles. The first kappa shape index (κ1) is 23.4. The first-order chi connectivity index (χ1) is 10.2. The van der Waals surface area contributed by atoms with Gasteiger partial charge < -0.3 is 10.8 Å². The number of unbranched alkanes of at least 4 members (excludes halogenated alkanes) is 3. The second-order valence-electron chi connectivity index (χ2n) is 6.57. The molecule has 0 aromatic rings. The fourth-order valence-corrected chi connectivity index (χ4v) is 2.43. The first-order valence-electron chi connectivity index (χ1n) is 8.92. The summed E-state index contributed by atoms with van der Waals surface area (Å²) < 4.78 is 0. The van der Waals surface area contributed by atoms with Crippen LogP contribution < -0.4 is 5.73 Å². The van der Waals surface area contributed by atoms with Crippen molar-refractivity contribution in [1.29, 1.82) is 0 Å². The molecule has 0 heterocycles. The molecule has 0 spiro atoms. The van der Waals surface area contributed by atoms with Crippen molar-refractivity contribution in [2.45, 2.75) is 97.9 Å². The summed E-state index contributed by atoms with van der Waals surface area (Å²) in [4.78, 5) is 9.60. The fraction of sp³-hybridized carbons (Fsp3) is 0.842. The molecule has 0 aliphatic heterocycles. The first-order valence-corrected chi connectivity index (χ1v) is 8.92. The Morgan fingerprint density at radius 2 is 1.45 bits per heavy atom. The minimum Gasteiger partial charge on any atom is -0.478 e. The topological polar surface area (TPSA) is 63.3 Å². The van der Waals surface area contributed by atoms with Crippen molar-refractivity contribution in [2.24, 2.45) is 11.7 Å². The highest BCUT2D eigenvalue weighted by molar-refractivity contribution is 5.84. The molecule has 3 heteroatoms. The summed E-state index contributed by atoms with van der Waals surface area (Å²) in [7, 11) is 0. The highest BCUT2D eigenvalue weighted by Gasteiger charge is 2.29. The molecule has 0 radical (unpaired) electrons. The van der Waals surface area contributed by atoms with E-state index in [4.69, 9.17) is 10.8 Å². The monoisotopic (exact) mass is 313 g/mol. The van der Waals surface area contributed by atoms with Crippen molar-refractivity contribution in [3.63, 3.8) is 0 Å². The Bertz CT molecular complexity index is 280. The lowest BCUT2D eigenvalue weighted by atomic mass is 9.76. The summed E-state index contributed by atoms with van der Waals surface area (Å²) in [6, 6.07) is 0. The summed E-state index contributed by atoms with van der Waals surface area (Å²) in [6.45, 7) is 13.8. The Balaban J connectivity index is 0. The Morgan fingerprint density at radius 1 is 1.09 bits per heavy atom. The van der Waals surface area contributed by atoms with Crippen LogP contribution in [0.3, 0.4) is 0 Å². The van der Waals surface area contributed by atoms with E-state index < -0.39 is 5.97 Å². The molecule has 3 nitrogen and oxygen atoms in total. The molecule has 0 rings (SSSR count). The molecule has 0 amide bonds. The zero-order valence-electron chi connectivity index (χ0n) is 15.6. The maximum Gasteiger partial charge on any atom is 0.330 e. The van der Waals surface area contributed by atoms with E-state index in [1.165, 1.54) is 64.7 Å². The molecule has 0 aromatic carbocycles. The van der Waals surface area contributed by atoms with Crippen LogP contribution in [0.5, 0.6) is 0 Å². The van der Waals surface area contributed by atoms with Gasteiger partial charge in [-0.05, 0) is 32.1 Å². The molecule has 1 atom stereocenters. The third-order valence-electron chi connectivity index (χ3n) is 4.33. The van der Waals surface area contributed by atoms with Crippen molar-refractivity contribution in [3.05, 3.63) is 12.2 Å². The predicted octanol–water partition coefficient (Wildman–Crippen LogP) is 5.54. The largest absolute Gasteiger partial charge is 0.478 e. The lowest BCUT2D eigenvalue weighted by molar-refractivity contribution is -0.132. The van der Waals surface area contributed by atoms with Gasteiger partial charge in [-0.15, -0.1) is 0 Å². The van der Waals surface area contributed by atoms with Crippen LogP contribution in [0.15, 0.2) is 12.2 Å². The minimum atomic E-state index is -0.935. The molecule has 0 bridgehead atoms. The van der Waals surface area contributed by atoms with Crippen molar-refractivity contribution in [1.82, 2.24) is 0 Å². The van der Waals surface area contributed by atoms with E-state index in [0.29, 0.717) is 5.92 Å². The molecule has 1 unspecified atom stereocenters. The number of carbonyl (C=O) groups is 1. The van der Waals surface area contributed by atoms with Gasteiger partial charge in [0.2, 0.25) is 0 Å². The van der Waals surface area contributed by atoms with E-state index >= 15 is 0 Å². The molecule has 0 aromatic heterocycles. The zero-order chi connectivity index (χ0) is 17.6. The zero-order valence-corrected chi connectivity index (χ0v) is 15.6. The van der Waals surface area contributed by atoms with E-state index in [9.17, 15) is 4.79 Å². The van der Waals surface area contributed by atoms with Crippen LogP contribution >= 0.6 is 0 Å². The maximum atomic E-state index is 9.60. The third-order valence-corrected chi connectivity index (χ3v) is 4.33. The standard InChI is InChI=1S/C15H33N.C4H6O2/c1-5-8-11-14(4)15(16,12-9-6-2)13-10-7-3;1-3(2)4(5)6/h14H,5-13,16H2,1-4H3;1H2,2H3,(H,5,6). The predicted molar refractivity (Wildman–Crippen MR) is 97.1 cm³/mol. The number of aliphatic carboxylic acids is 1. The highest BCUT2D eigenvalue weighted by atomic mass is 16.4. The van der Waals surface area contributed by atoms with Crippen molar-refractivity contribution < 1.29 is 9.90 Å². The van der Waals surface area contributed by atoms with Crippen LogP contribution in [-0.2, 0) is 4.79 Å². The summed E-state index contributed by atoms with van der Waals surface area (Å²) >= 11 is 0. The fourth-order valence-electron chi connectivity index (χ4n) is 2.43. The minimum absolute atomic E-state index is 0.112. The molecule has 132 valence electrons. The van der Waals surface area contributed by atoms with Crippen LogP contribution in [0.4, 0.5) is 0 Å². The van der Waals surface area contributed by atoms with Crippen LogP contribution in [0.1, 0.15) is 92.4 Å². The van der Waals surface area contributed by atoms with E-state index in [1.54, 1.807) is 0 Å². The lowest BCUT2D eigenvalue weighted by Crippen LogP contribution is -2.46. The molecule has 3 N–H and O–H groups in total. The van der Waals surface area contributed by atoms with Crippen molar-refractivity contribution >= 4 is 5.97 Å². The molecule has 0 aliphatic rings. The Hall–Kier alpha value is -0.830. The van der Waals surface area contributed by atoms with Crippen LogP contribution in [0.25, 0.3) is 0 Å². The van der Waals surface area contributed by atoms with Crippen molar-refractivity contribution in [2.75, 3.05) is 0 Å². The number of rotatable bonds is 11. The summed E-state index contributed by atoms with van der Waals surface area (Å²) in [6.07, 6.45) is 11.5. The molecular formula is C19H39NO2. The SMILES string of the molecule is C=C(C)C(=O)O.CCCCC(C)C(N)(CCCC)CCCC. The molecule has 0 saturated heterocycles. The number of nitrogens with two attached hydrogens (primary N) is 1. The van der Waals surface area contributed by atoms with Crippen LogP contribution in [0.2, 0.25) is 0 Å². The molecule has 22 heavy (non-hydrogen) atoms. The second-order valence-corrected chi connectivity index (χ2v) is 6.57. The normalized spacial score (nSPS) is 12.3. The Kier molecular flexibility index (Phi) is 14.7. The second kappa shape index (κ2) is 13.8. The summed E-state index contributed by atoms with van der Waals surface area (Å²) in [5.74, 6) is -0.249. The average molecular weight is 314 g/mol. The Labute approximate surface area is 138 Å². The smallest absolute Gasteiger partial charge is 0.330 e. The van der Waals surface area contributed by atoms with Gasteiger partial charge in [0.1, 0.15) is 0 Å². The summed E-state index contributed by atoms with van der Waals surface area (Å²) in [5.41, 5.74) is 6.94. The maximum absolute atomic E-state index is 9.60. The number of hydrogen-bond donors (Lipinski definition) is 2. The van der Waals surface area contributed by atoms with Crippen LogP contribution in [0, 0.1) is 5.92 Å². The number of carboxylic acid groups (broad SMARTS) is 1. The van der Waals surface area contributed by atoms with Gasteiger partial charge in [-0.1, -0.05) is 72.8 Å². The Morgan fingerprint density at radius 3 is 1.73 bits per heavy atom. The van der Waals surface area contributed by atoms with Gasteiger partial charge >= 0.3 is 5.97 Å². The molecule has 0 aliphatic carbocycles. The quantitative estimate of drug-likeness (QED) is 0.492. The van der Waals surface area contributed by atoms with Crippen LogP contribution in [-0.4, -0.2) is 16.6 Å². The van der Waals surface area contributed by atoms with Gasteiger partial charge in [0.05, 0.1) is 0 Å². The van der Waals surface area contributed by atoms with Gasteiger partial charge in [-0.3, -0.25) is 0 Å². The van der Waals surface area contributed by atoms with Gasteiger partial charge in [-0.2, -0.15) is 0 Å². The number of hydrogen-bond acceptors (Lipinski definition) is 2. The van der Waals surface area contributed by atoms with Gasteiger partial charge in [-0.25, -0.2) is 4.79 Å². The third kappa shape index (κ3) is 11.8.